The quantitative estimate of drug-likeness (QED) is 0.823. The predicted molar refractivity (Wildman–Crippen MR) is 68.1 cm³/mol. The number of halogens is 1. The number of hydrogen-bond acceptors (Lipinski definition) is 4. The number of rotatable bonds is 6. The first-order chi connectivity index (χ1) is 8.90. The summed E-state index contributed by atoms with van der Waals surface area (Å²) >= 11 is 0. The van der Waals surface area contributed by atoms with Gasteiger partial charge in [0.05, 0.1) is 19.1 Å². The van der Waals surface area contributed by atoms with Crippen LogP contribution in [0.25, 0.3) is 0 Å². The van der Waals surface area contributed by atoms with Crippen molar-refractivity contribution in [2.75, 3.05) is 13.7 Å². The number of methoxy groups -OCH3 is 1. The first-order valence-corrected chi connectivity index (χ1v) is 5.87. The van der Waals surface area contributed by atoms with Crippen molar-refractivity contribution >= 4 is 5.97 Å². The molecule has 1 aromatic rings. The topological polar surface area (TPSA) is 81.8 Å². The standard InChI is InChI=1S/C13H18FNO4/c1-7(2)19-12-4-8(9(6-15)13(16)17)10(14)5-11(12)18-3/h4-5,7,9H,6,15H2,1-3H3,(H,16,17). The molecule has 1 unspecified atom stereocenters. The third-order valence-electron chi connectivity index (χ3n) is 2.55. The van der Waals surface area contributed by atoms with E-state index in [2.05, 4.69) is 0 Å². The van der Waals surface area contributed by atoms with Gasteiger partial charge in [0.2, 0.25) is 0 Å². The zero-order valence-corrected chi connectivity index (χ0v) is 11.1. The van der Waals surface area contributed by atoms with Gasteiger partial charge in [-0.2, -0.15) is 0 Å². The normalized spacial score (nSPS) is 12.3. The lowest BCUT2D eigenvalue weighted by molar-refractivity contribution is -0.138. The van der Waals surface area contributed by atoms with Crippen molar-refractivity contribution in [3.8, 4) is 11.5 Å². The van der Waals surface area contributed by atoms with Crippen LogP contribution in [0.15, 0.2) is 12.1 Å². The van der Waals surface area contributed by atoms with E-state index in [-0.39, 0.29) is 24.0 Å². The zero-order chi connectivity index (χ0) is 14.6. The highest BCUT2D eigenvalue weighted by Crippen LogP contribution is 2.33. The summed E-state index contributed by atoms with van der Waals surface area (Å²) in [6.45, 7) is 3.42. The van der Waals surface area contributed by atoms with E-state index in [1.54, 1.807) is 13.8 Å². The fourth-order valence-corrected chi connectivity index (χ4v) is 1.68. The molecular formula is C13H18FNO4. The number of hydrogen-bond donors (Lipinski definition) is 2. The maximum atomic E-state index is 13.9. The highest BCUT2D eigenvalue weighted by atomic mass is 19.1. The second-order valence-electron chi connectivity index (χ2n) is 4.32. The van der Waals surface area contributed by atoms with E-state index in [0.717, 1.165) is 6.07 Å². The van der Waals surface area contributed by atoms with Crippen LogP contribution in [0.5, 0.6) is 11.5 Å². The minimum atomic E-state index is -1.18. The Labute approximate surface area is 111 Å². The van der Waals surface area contributed by atoms with E-state index in [0.29, 0.717) is 5.75 Å². The number of carboxylic acid groups (broad SMARTS) is 1. The van der Waals surface area contributed by atoms with Crippen molar-refractivity contribution in [3.05, 3.63) is 23.5 Å². The number of benzene rings is 1. The largest absolute Gasteiger partial charge is 0.493 e. The summed E-state index contributed by atoms with van der Waals surface area (Å²) in [4.78, 5) is 11.1. The number of aliphatic carboxylic acids is 1. The molecule has 0 saturated carbocycles. The molecule has 0 fully saturated rings. The zero-order valence-electron chi connectivity index (χ0n) is 11.1. The van der Waals surface area contributed by atoms with Gasteiger partial charge in [0.1, 0.15) is 5.82 Å². The maximum absolute atomic E-state index is 13.9. The number of nitrogens with two attached hydrogens (primary N) is 1. The molecule has 1 aromatic carbocycles. The Morgan fingerprint density at radius 1 is 1.42 bits per heavy atom. The van der Waals surface area contributed by atoms with Crippen LogP contribution in [0.4, 0.5) is 4.39 Å². The number of carbonyl (C=O) groups is 1. The Morgan fingerprint density at radius 3 is 2.47 bits per heavy atom. The molecule has 0 amide bonds. The second-order valence-corrected chi connectivity index (χ2v) is 4.32. The smallest absolute Gasteiger partial charge is 0.312 e. The van der Waals surface area contributed by atoms with E-state index in [1.165, 1.54) is 13.2 Å². The Hall–Kier alpha value is -1.82. The maximum Gasteiger partial charge on any atom is 0.312 e. The van der Waals surface area contributed by atoms with Gasteiger partial charge in [0, 0.05) is 18.2 Å². The number of ether oxygens (including phenoxy) is 2. The van der Waals surface area contributed by atoms with E-state index < -0.39 is 17.7 Å². The first kappa shape index (κ1) is 15.2. The average Bonchev–Trinajstić information content (AvgIpc) is 2.32. The van der Waals surface area contributed by atoms with E-state index in [4.69, 9.17) is 20.3 Å². The van der Waals surface area contributed by atoms with Gasteiger partial charge < -0.3 is 20.3 Å². The van der Waals surface area contributed by atoms with Gasteiger partial charge in [-0.05, 0) is 19.9 Å². The molecule has 6 heteroatoms. The van der Waals surface area contributed by atoms with Crippen molar-refractivity contribution in [2.24, 2.45) is 5.73 Å². The summed E-state index contributed by atoms with van der Waals surface area (Å²) in [5, 5.41) is 9.03. The van der Waals surface area contributed by atoms with Crippen molar-refractivity contribution in [3.63, 3.8) is 0 Å². The molecule has 0 aromatic heterocycles. The third kappa shape index (κ3) is 3.57. The molecule has 0 radical (unpaired) electrons. The summed E-state index contributed by atoms with van der Waals surface area (Å²) in [7, 11) is 1.39. The molecular weight excluding hydrogens is 253 g/mol. The molecule has 0 aliphatic heterocycles. The van der Waals surface area contributed by atoms with Gasteiger partial charge in [-0.1, -0.05) is 0 Å². The second kappa shape index (κ2) is 6.38. The minimum absolute atomic E-state index is 0.00792. The summed E-state index contributed by atoms with van der Waals surface area (Å²) in [5.41, 5.74) is 5.37. The predicted octanol–water partition coefficient (Wildman–Crippen LogP) is 1.75. The molecule has 0 saturated heterocycles. The van der Waals surface area contributed by atoms with Crippen molar-refractivity contribution in [1.29, 1.82) is 0 Å². The van der Waals surface area contributed by atoms with Crippen molar-refractivity contribution < 1.29 is 23.8 Å². The fourth-order valence-electron chi connectivity index (χ4n) is 1.68. The molecule has 106 valence electrons. The molecule has 0 aliphatic carbocycles. The molecule has 5 nitrogen and oxygen atoms in total. The van der Waals surface area contributed by atoms with Gasteiger partial charge in [0.25, 0.3) is 0 Å². The molecule has 0 heterocycles. The summed E-state index contributed by atoms with van der Waals surface area (Å²) in [6, 6.07) is 2.44. The third-order valence-corrected chi connectivity index (χ3v) is 2.55. The molecule has 0 aliphatic rings. The lowest BCUT2D eigenvalue weighted by Gasteiger charge is -2.17. The summed E-state index contributed by atoms with van der Waals surface area (Å²) < 4.78 is 24.4. The Kier molecular flexibility index (Phi) is 5.11. The minimum Gasteiger partial charge on any atom is -0.493 e. The highest BCUT2D eigenvalue weighted by Gasteiger charge is 2.24. The van der Waals surface area contributed by atoms with Crippen LogP contribution < -0.4 is 15.2 Å². The van der Waals surface area contributed by atoms with E-state index in [1.807, 2.05) is 0 Å². The molecule has 3 N–H and O–H groups in total. The molecule has 1 atom stereocenters. The summed E-state index contributed by atoms with van der Waals surface area (Å²) in [5.74, 6) is -2.45. The highest BCUT2D eigenvalue weighted by molar-refractivity contribution is 5.77. The van der Waals surface area contributed by atoms with Gasteiger partial charge in [0.15, 0.2) is 11.5 Å². The Morgan fingerprint density at radius 2 is 2.05 bits per heavy atom. The van der Waals surface area contributed by atoms with E-state index in [9.17, 15) is 9.18 Å². The Bertz CT molecular complexity index is 462. The lowest BCUT2D eigenvalue weighted by atomic mass is 9.98. The number of carboxylic acids is 1. The fraction of sp³-hybridized carbons (Fsp3) is 0.462. The molecule has 0 bridgehead atoms. The Balaban J connectivity index is 3.29. The van der Waals surface area contributed by atoms with E-state index >= 15 is 0 Å². The van der Waals surface area contributed by atoms with Crippen LogP contribution in [0.1, 0.15) is 25.3 Å². The first-order valence-electron chi connectivity index (χ1n) is 5.87. The molecule has 0 spiro atoms. The van der Waals surface area contributed by atoms with Crippen LogP contribution in [0.2, 0.25) is 0 Å². The molecule has 1 rings (SSSR count). The van der Waals surface area contributed by atoms with Gasteiger partial charge in [-0.15, -0.1) is 0 Å². The van der Waals surface area contributed by atoms with Crippen molar-refractivity contribution in [1.82, 2.24) is 0 Å². The monoisotopic (exact) mass is 271 g/mol. The lowest BCUT2D eigenvalue weighted by Crippen LogP contribution is -2.22. The van der Waals surface area contributed by atoms with Crippen LogP contribution >= 0.6 is 0 Å². The van der Waals surface area contributed by atoms with Crippen molar-refractivity contribution in [2.45, 2.75) is 25.9 Å². The van der Waals surface area contributed by atoms with Gasteiger partial charge in [-0.25, -0.2) is 4.39 Å². The van der Waals surface area contributed by atoms with Gasteiger partial charge in [-0.3, -0.25) is 4.79 Å². The molecule has 19 heavy (non-hydrogen) atoms. The average molecular weight is 271 g/mol. The summed E-state index contributed by atoms with van der Waals surface area (Å²) in [6.07, 6.45) is -0.145. The van der Waals surface area contributed by atoms with Crippen LogP contribution in [-0.4, -0.2) is 30.8 Å². The van der Waals surface area contributed by atoms with Crippen LogP contribution in [0, 0.1) is 5.82 Å². The van der Waals surface area contributed by atoms with Crippen LogP contribution in [0.3, 0.4) is 0 Å². The van der Waals surface area contributed by atoms with Crippen LogP contribution in [-0.2, 0) is 4.79 Å². The SMILES string of the molecule is COc1cc(F)c(C(CN)C(=O)O)cc1OC(C)C. The van der Waals surface area contributed by atoms with Gasteiger partial charge >= 0.3 is 5.97 Å².